The molecule has 0 aliphatic carbocycles. The SMILES string of the molecule is CO.O=S(=O)([O-])[O-].[Hf]. The summed E-state index contributed by atoms with van der Waals surface area (Å²) >= 11 is 0. The molecule has 5 nitrogen and oxygen atoms in total. The van der Waals surface area contributed by atoms with Crippen LogP contribution >= 0.6 is 0 Å². The van der Waals surface area contributed by atoms with Crippen LogP contribution in [0.3, 0.4) is 0 Å². The van der Waals surface area contributed by atoms with Crippen molar-refractivity contribution >= 4 is 10.4 Å². The van der Waals surface area contributed by atoms with Crippen LogP contribution in [0.15, 0.2) is 0 Å². The molecular weight excluding hydrogens is 303 g/mol. The van der Waals surface area contributed by atoms with E-state index in [0.29, 0.717) is 0 Å². The van der Waals surface area contributed by atoms with Gasteiger partial charge >= 0.3 is 0 Å². The van der Waals surface area contributed by atoms with Crippen LogP contribution in [0.4, 0.5) is 0 Å². The fraction of sp³-hybridized carbons (Fsp3) is 1.00. The first-order valence-corrected chi connectivity index (χ1v) is 2.45. The molecule has 0 aromatic heterocycles. The van der Waals surface area contributed by atoms with Gasteiger partial charge in [0.15, 0.2) is 0 Å². The van der Waals surface area contributed by atoms with Crippen molar-refractivity contribution in [2.24, 2.45) is 0 Å². The molecule has 0 atom stereocenters. The Labute approximate surface area is 66.1 Å². The summed E-state index contributed by atoms with van der Waals surface area (Å²) in [7, 11) is -4.17. The van der Waals surface area contributed by atoms with E-state index in [1.165, 1.54) is 0 Å². The standard InChI is InChI=1S/CH4O.Hf.H2O4S/c1-2;;1-5(2,3)4/h2H,1H3;;(H2,1,2,3,4)/p-2. The van der Waals surface area contributed by atoms with Crippen molar-refractivity contribution in [3.63, 3.8) is 0 Å². The number of aliphatic hydroxyl groups is 1. The van der Waals surface area contributed by atoms with Crippen LogP contribution in [-0.2, 0) is 36.2 Å². The molecule has 0 fully saturated rings. The topological polar surface area (TPSA) is 100 Å². The van der Waals surface area contributed by atoms with Crippen LogP contribution in [0.1, 0.15) is 0 Å². The van der Waals surface area contributed by atoms with Crippen LogP contribution in [0.2, 0.25) is 0 Å². The number of rotatable bonds is 0. The minimum atomic E-state index is -5.17. The molecule has 0 aromatic rings. The van der Waals surface area contributed by atoms with Gasteiger partial charge in [-0.15, -0.1) is 0 Å². The second-order valence-corrected chi connectivity index (χ2v) is 1.22. The Kier molecular flexibility index (Phi) is 15.3. The van der Waals surface area contributed by atoms with Gasteiger partial charge in [0.05, 0.1) is 0 Å². The minimum absolute atomic E-state index is 0. The summed E-state index contributed by atoms with van der Waals surface area (Å²) in [6, 6.07) is 0. The predicted octanol–water partition coefficient (Wildman–Crippen LogP) is -1.73. The summed E-state index contributed by atoms with van der Waals surface area (Å²) in [5.74, 6) is 0. The predicted molar refractivity (Wildman–Crippen MR) is 18.6 cm³/mol. The molecular formula is CH4HfO5S-2. The van der Waals surface area contributed by atoms with E-state index in [2.05, 4.69) is 0 Å². The Balaban J connectivity index is -0.0000000750. The molecule has 1 N–H and O–H groups in total. The van der Waals surface area contributed by atoms with Crippen LogP contribution in [-0.4, -0.2) is 29.7 Å². The summed E-state index contributed by atoms with van der Waals surface area (Å²) in [5.41, 5.74) is 0. The van der Waals surface area contributed by atoms with Crippen molar-refractivity contribution < 1.29 is 48.5 Å². The molecule has 50 valence electrons. The van der Waals surface area contributed by atoms with Gasteiger partial charge in [-0.25, -0.2) is 0 Å². The zero-order chi connectivity index (χ0) is 6.50. The number of hydrogen-bond acceptors (Lipinski definition) is 5. The number of aliphatic hydroxyl groups excluding tert-OH is 1. The largest absolute Gasteiger partial charge is 0.759 e. The Morgan fingerprint density at radius 1 is 1.25 bits per heavy atom. The van der Waals surface area contributed by atoms with Crippen molar-refractivity contribution in [2.45, 2.75) is 0 Å². The summed E-state index contributed by atoms with van der Waals surface area (Å²) in [5, 5.41) is 7.00. The smallest absolute Gasteiger partial charge is 0.0319 e. The maximum absolute atomic E-state index is 8.52. The van der Waals surface area contributed by atoms with Gasteiger partial charge in [-0.1, -0.05) is 0 Å². The van der Waals surface area contributed by atoms with Crippen molar-refractivity contribution in [3.8, 4) is 0 Å². The van der Waals surface area contributed by atoms with E-state index in [4.69, 9.17) is 22.6 Å². The fourth-order valence-corrected chi connectivity index (χ4v) is 0. The van der Waals surface area contributed by atoms with Gasteiger partial charge in [0, 0.05) is 43.4 Å². The summed E-state index contributed by atoms with van der Waals surface area (Å²) in [4.78, 5) is 0. The van der Waals surface area contributed by atoms with Crippen molar-refractivity contribution in [3.05, 3.63) is 0 Å². The third kappa shape index (κ3) is 444. The molecule has 0 unspecified atom stereocenters. The van der Waals surface area contributed by atoms with Crippen LogP contribution < -0.4 is 0 Å². The molecule has 0 saturated carbocycles. The second kappa shape index (κ2) is 7.70. The molecule has 0 amide bonds. The van der Waals surface area contributed by atoms with Gasteiger partial charge in [-0.05, 0) is 0 Å². The molecule has 0 aliphatic rings. The molecule has 0 bridgehead atoms. The second-order valence-electron chi connectivity index (χ2n) is 0.408. The van der Waals surface area contributed by atoms with Crippen LogP contribution in [0, 0.1) is 0 Å². The van der Waals surface area contributed by atoms with Gasteiger partial charge in [0.25, 0.3) is 0 Å². The Bertz CT molecular complexity index is 95.6. The Morgan fingerprint density at radius 3 is 1.25 bits per heavy atom. The zero-order valence-electron chi connectivity index (χ0n) is 3.99. The van der Waals surface area contributed by atoms with E-state index >= 15 is 0 Å². The van der Waals surface area contributed by atoms with Crippen molar-refractivity contribution in [2.75, 3.05) is 7.11 Å². The van der Waals surface area contributed by atoms with E-state index in [1.807, 2.05) is 0 Å². The summed E-state index contributed by atoms with van der Waals surface area (Å²) in [6.45, 7) is 0. The van der Waals surface area contributed by atoms with Gasteiger partial charge < -0.3 is 14.2 Å². The zero-order valence-corrected chi connectivity index (χ0v) is 8.40. The maximum atomic E-state index is 8.52. The van der Waals surface area contributed by atoms with Gasteiger partial charge in [0.1, 0.15) is 0 Å². The monoisotopic (exact) mass is 308 g/mol. The quantitative estimate of drug-likeness (QED) is 0.325. The minimum Gasteiger partial charge on any atom is -0.759 e. The van der Waals surface area contributed by atoms with Gasteiger partial charge in [-0.2, -0.15) is 0 Å². The molecule has 7 heteroatoms. The molecule has 0 aromatic carbocycles. The van der Waals surface area contributed by atoms with E-state index in [9.17, 15) is 0 Å². The summed E-state index contributed by atoms with van der Waals surface area (Å²) < 4.78 is 34.1. The maximum Gasteiger partial charge on any atom is 0.0319 e. The molecule has 0 heterocycles. The van der Waals surface area contributed by atoms with E-state index < -0.39 is 10.4 Å². The first-order valence-electron chi connectivity index (χ1n) is 1.11. The average Bonchev–Trinajstić information content (AvgIpc) is 1.36. The van der Waals surface area contributed by atoms with Gasteiger partial charge in [-0.3, -0.25) is 8.42 Å². The first-order chi connectivity index (χ1) is 3.00. The summed E-state index contributed by atoms with van der Waals surface area (Å²) in [6.07, 6.45) is 0. The van der Waals surface area contributed by atoms with Crippen molar-refractivity contribution in [1.29, 1.82) is 0 Å². The molecule has 0 saturated heterocycles. The molecule has 8 heavy (non-hydrogen) atoms. The first kappa shape index (κ1) is 15.9. The molecule has 0 radical (unpaired) electrons. The Hall–Kier alpha value is 0.700. The fourth-order valence-electron chi connectivity index (χ4n) is 0. The van der Waals surface area contributed by atoms with Crippen LogP contribution in [0.5, 0.6) is 0 Å². The molecule has 0 spiro atoms. The van der Waals surface area contributed by atoms with E-state index in [0.717, 1.165) is 7.11 Å². The molecule has 0 rings (SSSR count). The number of hydrogen-bond donors (Lipinski definition) is 1. The average molecular weight is 307 g/mol. The normalized spacial score (nSPS) is 8.00. The van der Waals surface area contributed by atoms with Crippen LogP contribution in [0.25, 0.3) is 0 Å². The van der Waals surface area contributed by atoms with E-state index in [1.54, 1.807) is 0 Å². The third-order valence-electron chi connectivity index (χ3n) is 0. The van der Waals surface area contributed by atoms with E-state index in [-0.39, 0.29) is 25.8 Å². The Morgan fingerprint density at radius 2 is 1.25 bits per heavy atom. The molecule has 0 aliphatic heterocycles. The van der Waals surface area contributed by atoms with Crippen molar-refractivity contribution in [1.82, 2.24) is 0 Å². The van der Waals surface area contributed by atoms with Gasteiger partial charge in [0.2, 0.25) is 0 Å². The third-order valence-corrected chi connectivity index (χ3v) is 0.